The summed E-state index contributed by atoms with van der Waals surface area (Å²) in [7, 11) is 0. The van der Waals surface area contributed by atoms with E-state index in [9.17, 15) is 14.4 Å². The standard InChI is InChI=1S/C27H26O5/c1-26(2,3)17-9-7-15-11-19(24(29)31-21(15)13-17)23(28)20-12-16-8-10-18(27(4,5)6)14-22(16)32-25(20)30/h7-14H,1-6H3. The topological polar surface area (TPSA) is 77.5 Å². The highest BCUT2D eigenvalue weighted by Crippen LogP contribution is 2.27. The molecule has 5 heteroatoms. The Hall–Kier alpha value is -3.47. The van der Waals surface area contributed by atoms with Crippen LogP contribution in [-0.2, 0) is 10.8 Å². The maximum atomic E-state index is 13.1. The highest BCUT2D eigenvalue weighted by Gasteiger charge is 2.22. The second-order valence-electron chi connectivity index (χ2n) is 10.2. The second-order valence-corrected chi connectivity index (χ2v) is 10.2. The molecule has 5 nitrogen and oxygen atoms in total. The fourth-order valence-corrected chi connectivity index (χ4v) is 3.62. The molecule has 0 spiro atoms. The molecule has 2 aromatic heterocycles. The maximum Gasteiger partial charge on any atom is 0.347 e. The predicted molar refractivity (Wildman–Crippen MR) is 126 cm³/mol. The van der Waals surface area contributed by atoms with E-state index in [-0.39, 0.29) is 22.0 Å². The molecule has 2 heterocycles. The van der Waals surface area contributed by atoms with Gasteiger partial charge in [-0.1, -0.05) is 65.8 Å². The minimum atomic E-state index is -0.781. The smallest absolute Gasteiger partial charge is 0.347 e. The van der Waals surface area contributed by atoms with Gasteiger partial charge >= 0.3 is 11.3 Å². The summed E-state index contributed by atoms with van der Waals surface area (Å²) < 4.78 is 10.9. The number of hydrogen-bond acceptors (Lipinski definition) is 5. The van der Waals surface area contributed by atoms with Crippen molar-refractivity contribution in [1.82, 2.24) is 0 Å². The Kier molecular flexibility index (Phi) is 4.96. The first kappa shape index (κ1) is 21.8. The number of carbonyl (C=O) groups excluding carboxylic acids is 1. The van der Waals surface area contributed by atoms with Crippen molar-refractivity contribution in [3.8, 4) is 0 Å². The van der Waals surface area contributed by atoms with Gasteiger partial charge in [0.15, 0.2) is 0 Å². The van der Waals surface area contributed by atoms with Crippen molar-refractivity contribution in [2.45, 2.75) is 52.4 Å². The predicted octanol–water partition coefficient (Wildman–Crippen LogP) is 5.73. The number of fused-ring (bicyclic) bond motifs is 2. The van der Waals surface area contributed by atoms with Crippen LogP contribution in [0.5, 0.6) is 0 Å². The quantitative estimate of drug-likeness (QED) is 0.300. The van der Waals surface area contributed by atoms with E-state index in [1.807, 2.05) is 36.4 Å². The number of carbonyl (C=O) groups is 1. The van der Waals surface area contributed by atoms with Crippen LogP contribution in [0.3, 0.4) is 0 Å². The molecule has 0 atom stereocenters. The Labute approximate surface area is 185 Å². The molecule has 2 aromatic carbocycles. The summed E-state index contributed by atoms with van der Waals surface area (Å²) in [6, 6.07) is 14.1. The van der Waals surface area contributed by atoms with Gasteiger partial charge in [-0.3, -0.25) is 4.79 Å². The van der Waals surface area contributed by atoms with Gasteiger partial charge in [-0.15, -0.1) is 0 Å². The maximum absolute atomic E-state index is 13.1. The molecule has 0 N–H and O–H groups in total. The third-order valence-corrected chi connectivity index (χ3v) is 5.69. The third-order valence-electron chi connectivity index (χ3n) is 5.69. The summed E-state index contributed by atoms with van der Waals surface area (Å²) in [6.45, 7) is 12.4. The zero-order valence-corrected chi connectivity index (χ0v) is 19.2. The first-order valence-electron chi connectivity index (χ1n) is 10.6. The molecule has 0 aliphatic carbocycles. The van der Waals surface area contributed by atoms with Crippen molar-refractivity contribution < 1.29 is 13.6 Å². The summed E-state index contributed by atoms with van der Waals surface area (Å²) >= 11 is 0. The van der Waals surface area contributed by atoms with Crippen LogP contribution in [-0.4, -0.2) is 5.78 Å². The Bertz CT molecular complexity index is 1370. The van der Waals surface area contributed by atoms with E-state index in [0.717, 1.165) is 11.1 Å². The third kappa shape index (κ3) is 3.91. The molecule has 0 aliphatic heterocycles. The van der Waals surface area contributed by atoms with Gasteiger partial charge in [0.2, 0.25) is 5.78 Å². The van der Waals surface area contributed by atoms with E-state index in [4.69, 9.17) is 8.83 Å². The lowest BCUT2D eigenvalue weighted by molar-refractivity contribution is 0.103. The van der Waals surface area contributed by atoms with Gasteiger partial charge in [0.1, 0.15) is 22.3 Å². The van der Waals surface area contributed by atoms with Gasteiger partial charge < -0.3 is 8.83 Å². The first-order valence-corrected chi connectivity index (χ1v) is 10.6. The highest BCUT2D eigenvalue weighted by molar-refractivity contribution is 6.10. The molecule has 0 saturated heterocycles. The normalized spacial score (nSPS) is 12.4. The van der Waals surface area contributed by atoms with Crippen LogP contribution < -0.4 is 11.3 Å². The largest absolute Gasteiger partial charge is 0.422 e. The first-order chi connectivity index (χ1) is 14.8. The van der Waals surface area contributed by atoms with Crippen molar-refractivity contribution in [1.29, 1.82) is 0 Å². The lowest BCUT2D eigenvalue weighted by Gasteiger charge is -2.19. The Morgan fingerprint density at radius 2 is 1.00 bits per heavy atom. The SMILES string of the molecule is CC(C)(C)c1ccc2cc(C(=O)c3cc4ccc(C(C)(C)C)cc4oc3=O)c(=O)oc2c1. The van der Waals surface area contributed by atoms with Crippen molar-refractivity contribution >= 4 is 27.7 Å². The molecule has 0 bridgehead atoms. The van der Waals surface area contributed by atoms with Crippen LogP contribution in [0.2, 0.25) is 0 Å². The summed E-state index contributed by atoms with van der Waals surface area (Å²) in [5, 5.41) is 1.22. The molecular weight excluding hydrogens is 404 g/mol. The molecule has 32 heavy (non-hydrogen) atoms. The molecule has 164 valence electrons. The number of hydrogen-bond donors (Lipinski definition) is 0. The Morgan fingerprint density at radius 1 is 0.625 bits per heavy atom. The molecule has 0 fully saturated rings. The van der Waals surface area contributed by atoms with Gasteiger partial charge in [-0.25, -0.2) is 9.59 Å². The van der Waals surface area contributed by atoms with Crippen molar-refractivity contribution in [3.05, 3.63) is 91.6 Å². The molecule has 4 aromatic rings. The van der Waals surface area contributed by atoms with Crippen LogP contribution in [0.4, 0.5) is 0 Å². The summed E-state index contributed by atoms with van der Waals surface area (Å²) in [5.41, 5.74) is 0.647. The van der Waals surface area contributed by atoms with Gasteiger partial charge in [0, 0.05) is 10.8 Å². The number of benzene rings is 2. The van der Waals surface area contributed by atoms with Crippen molar-refractivity contribution in [2.75, 3.05) is 0 Å². The second kappa shape index (κ2) is 7.30. The Balaban J connectivity index is 1.81. The van der Waals surface area contributed by atoms with Crippen molar-refractivity contribution in [3.63, 3.8) is 0 Å². The van der Waals surface area contributed by atoms with Crippen LogP contribution in [0.15, 0.2) is 67.0 Å². The highest BCUT2D eigenvalue weighted by atomic mass is 16.4. The molecule has 0 amide bonds. The number of rotatable bonds is 2. The summed E-state index contributed by atoms with van der Waals surface area (Å²) in [6.07, 6.45) is 0. The lowest BCUT2D eigenvalue weighted by Crippen LogP contribution is -2.21. The van der Waals surface area contributed by atoms with E-state index >= 15 is 0 Å². The van der Waals surface area contributed by atoms with Crippen LogP contribution >= 0.6 is 0 Å². The molecule has 4 rings (SSSR count). The Morgan fingerprint density at radius 3 is 1.34 bits per heavy atom. The van der Waals surface area contributed by atoms with Gasteiger partial charge in [0.05, 0.1) is 0 Å². The fourth-order valence-electron chi connectivity index (χ4n) is 3.62. The number of ketones is 1. The van der Waals surface area contributed by atoms with Crippen LogP contribution in [0.1, 0.15) is 68.6 Å². The zero-order valence-electron chi connectivity index (χ0n) is 19.2. The minimum absolute atomic E-state index is 0.113. The van der Waals surface area contributed by atoms with E-state index in [1.54, 1.807) is 0 Å². The lowest BCUT2D eigenvalue weighted by atomic mass is 9.86. The van der Waals surface area contributed by atoms with Crippen LogP contribution in [0, 0.1) is 0 Å². The minimum Gasteiger partial charge on any atom is -0.422 e. The van der Waals surface area contributed by atoms with E-state index in [2.05, 4.69) is 41.5 Å². The van der Waals surface area contributed by atoms with Crippen LogP contribution in [0.25, 0.3) is 21.9 Å². The van der Waals surface area contributed by atoms with Gasteiger partial charge in [-0.2, -0.15) is 0 Å². The van der Waals surface area contributed by atoms with E-state index in [1.165, 1.54) is 12.1 Å². The summed E-state index contributed by atoms with van der Waals surface area (Å²) in [4.78, 5) is 38.3. The zero-order chi connectivity index (χ0) is 23.4. The average Bonchev–Trinajstić information content (AvgIpc) is 2.70. The molecular formula is C27H26O5. The molecule has 0 radical (unpaired) electrons. The summed E-state index contributed by atoms with van der Waals surface area (Å²) in [5.74, 6) is -0.712. The average molecular weight is 431 g/mol. The molecule has 0 saturated carbocycles. The molecule has 0 aliphatic rings. The van der Waals surface area contributed by atoms with E-state index in [0.29, 0.717) is 21.9 Å². The monoisotopic (exact) mass is 430 g/mol. The molecule has 0 unspecified atom stereocenters. The van der Waals surface area contributed by atoms with Crippen molar-refractivity contribution in [2.24, 2.45) is 0 Å². The van der Waals surface area contributed by atoms with Gasteiger partial charge in [-0.05, 0) is 46.2 Å². The van der Waals surface area contributed by atoms with Gasteiger partial charge in [0.25, 0.3) is 0 Å². The van der Waals surface area contributed by atoms with E-state index < -0.39 is 17.0 Å². The fraction of sp³-hybridized carbons (Fsp3) is 0.296.